The van der Waals surface area contributed by atoms with E-state index in [4.69, 9.17) is 13.9 Å². The maximum absolute atomic E-state index is 12.8. The SMILES string of the molecule is COC(=O)C1(C)CC(=O)C=C2C3(C)C=C(c4ccoc4)OC21CCC3C. The van der Waals surface area contributed by atoms with Gasteiger partial charge < -0.3 is 13.9 Å². The second-order valence-corrected chi connectivity index (χ2v) is 8.20. The van der Waals surface area contributed by atoms with E-state index < -0.39 is 17.0 Å². The summed E-state index contributed by atoms with van der Waals surface area (Å²) in [5.74, 6) is 0.573. The van der Waals surface area contributed by atoms with Crippen LogP contribution in [0.5, 0.6) is 0 Å². The van der Waals surface area contributed by atoms with Gasteiger partial charge in [-0.2, -0.15) is 0 Å². The van der Waals surface area contributed by atoms with Gasteiger partial charge in [-0.3, -0.25) is 9.59 Å². The number of carbonyl (C=O) groups excluding carboxylic acids is 2. The number of rotatable bonds is 2. The van der Waals surface area contributed by atoms with Crippen molar-refractivity contribution in [2.75, 3.05) is 7.11 Å². The van der Waals surface area contributed by atoms with E-state index in [0.29, 0.717) is 18.1 Å². The van der Waals surface area contributed by atoms with Crippen LogP contribution in [0, 0.1) is 16.7 Å². The molecule has 1 aliphatic heterocycles. The highest BCUT2D eigenvalue weighted by Crippen LogP contribution is 2.64. The maximum atomic E-state index is 12.8. The average Bonchev–Trinajstić information content (AvgIpc) is 3.13. The number of ether oxygens (including phenoxy) is 2. The first-order valence-corrected chi connectivity index (χ1v) is 9.05. The fourth-order valence-electron chi connectivity index (χ4n) is 5.04. The van der Waals surface area contributed by atoms with Crippen LogP contribution in [0.25, 0.3) is 5.76 Å². The lowest BCUT2D eigenvalue weighted by molar-refractivity contribution is -0.177. The van der Waals surface area contributed by atoms with Crippen LogP contribution in [-0.4, -0.2) is 24.5 Å². The van der Waals surface area contributed by atoms with Crippen molar-refractivity contribution in [2.24, 2.45) is 16.7 Å². The Morgan fingerprint density at radius 3 is 2.77 bits per heavy atom. The van der Waals surface area contributed by atoms with E-state index in [1.54, 1.807) is 25.5 Å². The molecule has 0 spiro atoms. The molecule has 0 N–H and O–H groups in total. The van der Waals surface area contributed by atoms with Crippen LogP contribution in [0.2, 0.25) is 0 Å². The summed E-state index contributed by atoms with van der Waals surface area (Å²) in [6, 6.07) is 1.85. The summed E-state index contributed by atoms with van der Waals surface area (Å²) in [7, 11) is 1.37. The minimum absolute atomic E-state index is 0.0485. The van der Waals surface area contributed by atoms with Crippen LogP contribution in [0.1, 0.15) is 45.6 Å². The molecular weight excluding hydrogens is 332 g/mol. The van der Waals surface area contributed by atoms with Crippen molar-refractivity contribution >= 4 is 17.5 Å². The Morgan fingerprint density at radius 1 is 1.35 bits per heavy atom. The number of hydrogen-bond acceptors (Lipinski definition) is 5. The standard InChI is InChI=1S/C21H24O5/c1-13-5-7-21-17(9-15(22)10-20(21,3)18(23)24-4)19(13,2)11-16(26-21)14-6-8-25-12-14/h6,8-9,11-13H,5,7,10H2,1-4H3. The molecule has 1 aromatic heterocycles. The molecule has 3 aliphatic rings. The summed E-state index contributed by atoms with van der Waals surface area (Å²) in [5.41, 5.74) is -0.563. The number of esters is 1. The lowest BCUT2D eigenvalue weighted by Crippen LogP contribution is -2.64. The Balaban J connectivity index is 1.99. The first kappa shape index (κ1) is 17.1. The molecule has 2 bridgehead atoms. The van der Waals surface area contributed by atoms with Crippen molar-refractivity contribution in [3.8, 4) is 0 Å². The van der Waals surface area contributed by atoms with Crippen molar-refractivity contribution < 1.29 is 23.5 Å². The normalized spacial score (nSPS) is 38.6. The van der Waals surface area contributed by atoms with Crippen LogP contribution >= 0.6 is 0 Å². The fourth-order valence-corrected chi connectivity index (χ4v) is 5.04. The van der Waals surface area contributed by atoms with E-state index in [0.717, 1.165) is 17.6 Å². The molecule has 26 heavy (non-hydrogen) atoms. The number of carbonyl (C=O) groups is 2. The Morgan fingerprint density at radius 2 is 2.12 bits per heavy atom. The van der Waals surface area contributed by atoms with Crippen LogP contribution in [0.3, 0.4) is 0 Å². The molecule has 4 rings (SSSR count). The third kappa shape index (κ3) is 1.97. The molecule has 5 nitrogen and oxygen atoms in total. The van der Waals surface area contributed by atoms with E-state index >= 15 is 0 Å². The van der Waals surface area contributed by atoms with E-state index in [-0.39, 0.29) is 17.6 Å². The van der Waals surface area contributed by atoms with Gasteiger partial charge in [-0.25, -0.2) is 0 Å². The molecule has 1 saturated carbocycles. The Kier molecular flexibility index (Phi) is 3.52. The second-order valence-electron chi connectivity index (χ2n) is 8.20. The molecule has 0 radical (unpaired) electrons. The van der Waals surface area contributed by atoms with E-state index in [2.05, 4.69) is 19.9 Å². The summed E-state index contributed by atoms with van der Waals surface area (Å²) in [4.78, 5) is 25.4. The molecule has 4 unspecified atom stereocenters. The van der Waals surface area contributed by atoms with Gasteiger partial charge >= 0.3 is 5.97 Å². The summed E-state index contributed by atoms with van der Waals surface area (Å²) in [5, 5.41) is 0. The molecule has 0 amide bonds. The van der Waals surface area contributed by atoms with Gasteiger partial charge in [-0.15, -0.1) is 0 Å². The Labute approximate surface area is 153 Å². The summed E-state index contributed by atoms with van der Waals surface area (Å²) >= 11 is 0. The highest BCUT2D eigenvalue weighted by atomic mass is 16.5. The molecule has 4 atom stereocenters. The van der Waals surface area contributed by atoms with E-state index in [1.807, 2.05) is 6.07 Å². The Hall–Kier alpha value is -2.30. The third-order valence-electron chi connectivity index (χ3n) is 6.85. The Bertz CT molecular complexity index is 833. The topological polar surface area (TPSA) is 65.7 Å². The number of methoxy groups -OCH3 is 1. The molecule has 2 heterocycles. The molecular formula is C21H24O5. The lowest BCUT2D eigenvalue weighted by atomic mass is 9.48. The lowest BCUT2D eigenvalue weighted by Gasteiger charge is -2.60. The first-order chi connectivity index (χ1) is 12.3. The highest BCUT2D eigenvalue weighted by molar-refractivity contribution is 5.98. The largest absolute Gasteiger partial charge is 0.481 e. The van der Waals surface area contributed by atoms with Gasteiger partial charge in [-0.1, -0.05) is 13.8 Å². The van der Waals surface area contributed by atoms with Crippen molar-refractivity contribution in [2.45, 2.75) is 45.6 Å². The van der Waals surface area contributed by atoms with Crippen LogP contribution < -0.4 is 0 Å². The minimum atomic E-state index is -1.06. The van der Waals surface area contributed by atoms with Crippen LogP contribution in [-0.2, 0) is 19.1 Å². The van der Waals surface area contributed by atoms with Crippen molar-refractivity contribution in [3.05, 3.63) is 41.9 Å². The number of hydrogen-bond donors (Lipinski definition) is 0. The average molecular weight is 356 g/mol. The fraction of sp³-hybridized carbons (Fsp3) is 0.524. The van der Waals surface area contributed by atoms with Gasteiger partial charge in [0, 0.05) is 11.8 Å². The molecule has 2 aliphatic carbocycles. The molecule has 138 valence electrons. The predicted molar refractivity (Wildman–Crippen MR) is 94.8 cm³/mol. The molecule has 5 heteroatoms. The number of ketones is 1. The number of allylic oxidation sites excluding steroid dienone is 2. The predicted octanol–water partition coefficient (Wildman–Crippen LogP) is 3.90. The van der Waals surface area contributed by atoms with Gasteiger partial charge in [0.2, 0.25) is 0 Å². The van der Waals surface area contributed by atoms with Gasteiger partial charge in [0.25, 0.3) is 0 Å². The zero-order chi connectivity index (χ0) is 18.7. The van der Waals surface area contributed by atoms with E-state index in [1.165, 1.54) is 7.11 Å². The monoisotopic (exact) mass is 356 g/mol. The smallest absolute Gasteiger partial charge is 0.316 e. The molecule has 1 fully saturated rings. The second kappa shape index (κ2) is 5.35. The zero-order valence-electron chi connectivity index (χ0n) is 15.6. The maximum Gasteiger partial charge on any atom is 0.316 e. The van der Waals surface area contributed by atoms with Crippen molar-refractivity contribution in [3.63, 3.8) is 0 Å². The quantitative estimate of drug-likeness (QED) is 0.752. The first-order valence-electron chi connectivity index (χ1n) is 9.05. The minimum Gasteiger partial charge on any atom is -0.481 e. The number of furan rings is 1. The summed E-state index contributed by atoms with van der Waals surface area (Å²) in [6.07, 6.45) is 8.71. The third-order valence-corrected chi connectivity index (χ3v) is 6.85. The zero-order valence-corrected chi connectivity index (χ0v) is 15.6. The molecule has 1 aromatic rings. The van der Waals surface area contributed by atoms with Crippen LogP contribution in [0.15, 0.2) is 40.7 Å². The van der Waals surface area contributed by atoms with Gasteiger partial charge in [-0.05, 0) is 49.5 Å². The van der Waals surface area contributed by atoms with Crippen molar-refractivity contribution in [1.82, 2.24) is 0 Å². The van der Waals surface area contributed by atoms with Gasteiger partial charge in [0.05, 0.1) is 18.9 Å². The molecule has 0 saturated heterocycles. The van der Waals surface area contributed by atoms with Gasteiger partial charge in [0.1, 0.15) is 23.0 Å². The van der Waals surface area contributed by atoms with Crippen LogP contribution in [0.4, 0.5) is 0 Å². The highest BCUT2D eigenvalue weighted by Gasteiger charge is 2.67. The van der Waals surface area contributed by atoms with Gasteiger partial charge in [0.15, 0.2) is 5.78 Å². The molecule has 0 aromatic carbocycles. The summed E-state index contributed by atoms with van der Waals surface area (Å²) in [6.45, 7) is 6.13. The summed E-state index contributed by atoms with van der Waals surface area (Å²) < 4.78 is 16.9. The van der Waals surface area contributed by atoms with Crippen molar-refractivity contribution in [1.29, 1.82) is 0 Å². The van der Waals surface area contributed by atoms with E-state index in [9.17, 15) is 9.59 Å².